The van der Waals surface area contributed by atoms with Crippen molar-refractivity contribution < 1.29 is 4.79 Å². The van der Waals surface area contributed by atoms with E-state index in [1.54, 1.807) is 10.3 Å². The SMILES string of the molecule is Cc1nc(C(=O)N2CC(N)C2)cs1. The van der Waals surface area contributed by atoms with Gasteiger partial charge in [0.05, 0.1) is 5.01 Å². The second-order valence-corrected chi connectivity index (χ2v) is 4.28. The predicted molar refractivity (Wildman–Crippen MR) is 50.7 cm³/mol. The Kier molecular flexibility index (Phi) is 2.05. The first kappa shape index (κ1) is 8.65. The molecule has 0 atom stereocenters. The van der Waals surface area contributed by atoms with Crippen molar-refractivity contribution in [3.05, 3.63) is 16.1 Å². The molecular formula is C8H11N3OS. The Bertz CT molecular complexity index is 330. The molecule has 2 rings (SSSR count). The lowest BCUT2D eigenvalue weighted by Crippen LogP contribution is -2.57. The van der Waals surface area contributed by atoms with Gasteiger partial charge in [-0.25, -0.2) is 4.98 Å². The molecule has 1 aliphatic rings. The number of aryl methyl sites for hydroxylation is 1. The molecule has 0 aliphatic carbocycles. The maximum atomic E-state index is 11.6. The van der Waals surface area contributed by atoms with E-state index in [1.807, 2.05) is 6.92 Å². The van der Waals surface area contributed by atoms with Crippen molar-refractivity contribution >= 4 is 17.2 Å². The number of amides is 1. The summed E-state index contributed by atoms with van der Waals surface area (Å²) in [6, 6.07) is 0.156. The Balaban J connectivity index is 2.06. The van der Waals surface area contributed by atoms with Crippen LogP contribution in [0.3, 0.4) is 0 Å². The van der Waals surface area contributed by atoms with Crippen LogP contribution in [0.2, 0.25) is 0 Å². The zero-order valence-electron chi connectivity index (χ0n) is 7.36. The number of carbonyl (C=O) groups excluding carboxylic acids is 1. The molecule has 1 fully saturated rings. The standard InChI is InChI=1S/C8H11N3OS/c1-5-10-7(4-13-5)8(12)11-2-6(9)3-11/h4,6H,2-3,9H2,1H3. The van der Waals surface area contributed by atoms with Gasteiger partial charge >= 0.3 is 0 Å². The fourth-order valence-electron chi connectivity index (χ4n) is 1.30. The molecule has 1 saturated heterocycles. The van der Waals surface area contributed by atoms with Crippen molar-refractivity contribution in [3.8, 4) is 0 Å². The molecule has 4 nitrogen and oxygen atoms in total. The quantitative estimate of drug-likeness (QED) is 0.701. The molecule has 1 aromatic heterocycles. The lowest BCUT2D eigenvalue weighted by Gasteiger charge is -2.36. The molecule has 0 saturated carbocycles. The normalized spacial score (nSPS) is 17.2. The van der Waals surface area contributed by atoms with Crippen molar-refractivity contribution in [2.45, 2.75) is 13.0 Å². The van der Waals surface area contributed by atoms with Gasteiger partial charge in [0, 0.05) is 24.5 Å². The molecule has 0 unspecified atom stereocenters. The van der Waals surface area contributed by atoms with Gasteiger partial charge in [-0.3, -0.25) is 4.79 Å². The van der Waals surface area contributed by atoms with Gasteiger partial charge < -0.3 is 10.6 Å². The molecule has 13 heavy (non-hydrogen) atoms. The molecule has 1 amide bonds. The van der Waals surface area contributed by atoms with Gasteiger partial charge in [0.1, 0.15) is 5.69 Å². The Labute approximate surface area is 80.4 Å². The minimum atomic E-state index is 0.00560. The summed E-state index contributed by atoms with van der Waals surface area (Å²) in [6.07, 6.45) is 0. The van der Waals surface area contributed by atoms with Gasteiger partial charge in [0.15, 0.2) is 0 Å². The minimum Gasteiger partial charge on any atom is -0.334 e. The van der Waals surface area contributed by atoms with E-state index < -0.39 is 0 Å². The first-order valence-corrected chi connectivity index (χ1v) is 5.02. The van der Waals surface area contributed by atoms with Crippen LogP contribution in [-0.2, 0) is 0 Å². The zero-order chi connectivity index (χ0) is 9.42. The van der Waals surface area contributed by atoms with Gasteiger partial charge in [0.2, 0.25) is 0 Å². The average Bonchev–Trinajstić information content (AvgIpc) is 2.45. The molecule has 0 spiro atoms. The lowest BCUT2D eigenvalue weighted by atomic mass is 10.1. The van der Waals surface area contributed by atoms with Gasteiger partial charge in [-0.15, -0.1) is 11.3 Å². The number of thiazole rings is 1. The second kappa shape index (κ2) is 3.08. The van der Waals surface area contributed by atoms with Crippen LogP contribution >= 0.6 is 11.3 Å². The predicted octanol–water partition coefficient (Wildman–Crippen LogP) is 0.235. The number of rotatable bonds is 1. The molecular weight excluding hydrogens is 186 g/mol. The zero-order valence-corrected chi connectivity index (χ0v) is 8.17. The number of aromatic nitrogens is 1. The van der Waals surface area contributed by atoms with E-state index in [1.165, 1.54) is 11.3 Å². The maximum absolute atomic E-state index is 11.6. The summed E-state index contributed by atoms with van der Waals surface area (Å²) in [5.41, 5.74) is 6.13. The second-order valence-electron chi connectivity index (χ2n) is 3.22. The summed E-state index contributed by atoms with van der Waals surface area (Å²) in [4.78, 5) is 17.4. The monoisotopic (exact) mass is 197 g/mol. The fraction of sp³-hybridized carbons (Fsp3) is 0.500. The van der Waals surface area contributed by atoms with Crippen LogP contribution in [0, 0.1) is 6.92 Å². The maximum Gasteiger partial charge on any atom is 0.273 e. The summed E-state index contributed by atoms with van der Waals surface area (Å²) in [5, 5.41) is 2.72. The van der Waals surface area contributed by atoms with Crippen molar-refractivity contribution in [2.75, 3.05) is 13.1 Å². The van der Waals surface area contributed by atoms with Crippen molar-refractivity contribution in [3.63, 3.8) is 0 Å². The highest BCUT2D eigenvalue weighted by atomic mass is 32.1. The minimum absolute atomic E-state index is 0.00560. The molecule has 1 aliphatic heterocycles. The Morgan fingerprint density at radius 2 is 2.46 bits per heavy atom. The van der Waals surface area contributed by atoms with E-state index >= 15 is 0 Å². The number of likely N-dealkylation sites (tertiary alicyclic amines) is 1. The number of nitrogens with zero attached hydrogens (tertiary/aromatic N) is 2. The molecule has 70 valence electrons. The van der Waals surface area contributed by atoms with E-state index in [2.05, 4.69) is 4.98 Å². The molecule has 0 aromatic carbocycles. The first-order valence-electron chi connectivity index (χ1n) is 4.14. The Morgan fingerprint density at radius 3 is 2.92 bits per heavy atom. The lowest BCUT2D eigenvalue weighted by molar-refractivity contribution is 0.0602. The van der Waals surface area contributed by atoms with E-state index in [0.29, 0.717) is 18.8 Å². The van der Waals surface area contributed by atoms with E-state index in [9.17, 15) is 4.79 Å². The number of carbonyl (C=O) groups is 1. The Morgan fingerprint density at radius 1 is 1.77 bits per heavy atom. The highest BCUT2D eigenvalue weighted by Gasteiger charge is 2.29. The molecule has 0 radical (unpaired) electrons. The molecule has 0 bridgehead atoms. The molecule has 1 aromatic rings. The third-order valence-corrected chi connectivity index (χ3v) is 2.81. The van der Waals surface area contributed by atoms with Gasteiger partial charge in [-0.2, -0.15) is 0 Å². The smallest absolute Gasteiger partial charge is 0.273 e. The van der Waals surface area contributed by atoms with Crippen LogP contribution in [0.15, 0.2) is 5.38 Å². The first-order chi connectivity index (χ1) is 6.16. The number of hydrogen-bond donors (Lipinski definition) is 1. The van der Waals surface area contributed by atoms with E-state index in [-0.39, 0.29) is 11.9 Å². The van der Waals surface area contributed by atoms with Crippen LogP contribution < -0.4 is 5.73 Å². The van der Waals surface area contributed by atoms with Gasteiger partial charge in [0.25, 0.3) is 5.91 Å². The van der Waals surface area contributed by atoms with Crippen molar-refractivity contribution in [1.82, 2.24) is 9.88 Å². The molecule has 2 N–H and O–H groups in total. The van der Waals surface area contributed by atoms with Crippen LogP contribution in [0.25, 0.3) is 0 Å². The van der Waals surface area contributed by atoms with Crippen LogP contribution in [0.4, 0.5) is 0 Å². The number of nitrogens with two attached hydrogens (primary N) is 1. The Hall–Kier alpha value is -0.940. The number of hydrogen-bond acceptors (Lipinski definition) is 4. The molecule has 2 heterocycles. The topological polar surface area (TPSA) is 59.2 Å². The van der Waals surface area contributed by atoms with Crippen LogP contribution in [0.1, 0.15) is 15.5 Å². The van der Waals surface area contributed by atoms with Crippen molar-refractivity contribution in [1.29, 1.82) is 0 Å². The largest absolute Gasteiger partial charge is 0.334 e. The highest BCUT2D eigenvalue weighted by molar-refractivity contribution is 7.09. The van der Waals surface area contributed by atoms with E-state index in [0.717, 1.165) is 5.01 Å². The fourth-order valence-corrected chi connectivity index (χ4v) is 1.89. The average molecular weight is 197 g/mol. The van der Waals surface area contributed by atoms with E-state index in [4.69, 9.17) is 5.73 Å². The summed E-state index contributed by atoms with van der Waals surface area (Å²) >= 11 is 1.50. The van der Waals surface area contributed by atoms with Gasteiger partial charge in [-0.1, -0.05) is 0 Å². The van der Waals surface area contributed by atoms with Gasteiger partial charge in [-0.05, 0) is 6.92 Å². The molecule has 5 heteroatoms. The summed E-state index contributed by atoms with van der Waals surface area (Å²) in [5.74, 6) is 0.00560. The van der Waals surface area contributed by atoms with Crippen molar-refractivity contribution in [2.24, 2.45) is 5.73 Å². The van der Waals surface area contributed by atoms with Crippen LogP contribution in [-0.4, -0.2) is 34.9 Å². The summed E-state index contributed by atoms with van der Waals surface area (Å²) in [6.45, 7) is 3.22. The highest BCUT2D eigenvalue weighted by Crippen LogP contribution is 2.14. The van der Waals surface area contributed by atoms with Crippen LogP contribution in [0.5, 0.6) is 0 Å². The summed E-state index contributed by atoms with van der Waals surface area (Å²) in [7, 11) is 0. The summed E-state index contributed by atoms with van der Waals surface area (Å²) < 4.78 is 0. The third kappa shape index (κ3) is 1.57. The third-order valence-electron chi connectivity index (χ3n) is 2.04.